The highest BCUT2D eigenvalue weighted by atomic mass is 16.1. The fourth-order valence-corrected chi connectivity index (χ4v) is 1.81. The molecule has 0 aliphatic carbocycles. The predicted octanol–water partition coefficient (Wildman–Crippen LogP) is 2.74. The highest BCUT2D eigenvalue weighted by molar-refractivity contribution is 5.87. The molecule has 16 heavy (non-hydrogen) atoms. The Morgan fingerprint density at radius 1 is 1.12 bits per heavy atom. The van der Waals surface area contributed by atoms with Crippen molar-refractivity contribution in [1.29, 1.82) is 0 Å². The smallest absolute Gasteiger partial charge is 0.150 e. The zero-order valence-corrected chi connectivity index (χ0v) is 9.53. The van der Waals surface area contributed by atoms with E-state index in [2.05, 4.69) is 25.1 Å². The summed E-state index contributed by atoms with van der Waals surface area (Å²) < 4.78 is 0. The zero-order chi connectivity index (χ0) is 11.7. The van der Waals surface area contributed by atoms with E-state index < -0.39 is 6.04 Å². The van der Waals surface area contributed by atoms with Crippen molar-refractivity contribution < 1.29 is 4.79 Å². The van der Waals surface area contributed by atoms with Crippen LogP contribution in [-0.2, 0) is 4.79 Å². The van der Waals surface area contributed by atoms with Gasteiger partial charge in [0.2, 0.25) is 0 Å². The van der Waals surface area contributed by atoms with Crippen LogP contribution in [0, 0.1) is 6.92 Å². The molecular weight excluding hydrogens is 198 g/mol. The van der Waals surface area contributed by atoms with Crippen LogP contribution in [0.3, 0.4) is 0 Å². The lowest BCUT2D eigenvalue weighted by Crippen LogP contribution is -2.18. The van der Waals surface area contributed by atoms with Gasteiger partial charge in [-0.05, 0) is 36.2 Å². The van der Waals surface area contributed by atoms with Crippen LogP contribution in [0.4, 0.5) is 0 Å². The number of carbonyl (C=O) groups is 1. The Morgan fingerprint density at radius 3 is 2.44 bits per heavy atom. The van der Waals surface area contributed by atoms with Crippen LogP contribution in [0.25, 0.3) is 10.8 Å². The molecule has 2 N–H and O–H groups in total. The van der Waals surface area contributed by atoms with Gasteiger partial charge in [0, 0.05) is 0 Å². The van der Waals surface area contributed by atoms with E-state index in [0.717, 1.165) is 10.9 Å². The quantitative estimate of drug-likeness (QED) is 0.833. The molecule has 1 atom stereocenters. The molecule has 0 bridgehead atoms. The van der Waals surface area contributed by atoms with E-state index in [1.807, 2.05) is 18.2 Å². The number of hydrogen-bond donors (Lipinski definition) is 1. The molecule has 0 fully saturated rings. The zero-order valence-electron chi connectivity index (χ0n) is 9.53. The normalized spacial score (nSPS) is 12.7. The van der Waals surface area contributed by atoms with Gasteiger partial charge in [0.1, 0.15) is 0 Å². The van der Waals surface area contributed by atoms with E-state index in [1.165, 1.54) is 17.9 Å². The first-order chi connectivity index (χ1) is 7.58. The fourth-order valence-electron chi connectivity index (χ4n) is 1.81. The van der Waals surface area contributed by atoms with Gasteiger partial charge >= 0.3 is 0 Å². The van der Waals surface area contributed by atoms with Gasteiger partial charge in [0.15, 0.2) is 5.78 Å². The number of carbonyl (C=O) groups excluding carboxylic acids is 1. The number of benzene rings is 2. The van der Waals surface area contributed by atoms with Crippen LogP contribution in [0.15, 0.2) is 36.4 Å². The Bertz CT molecular complexity index is 545. The van der Waals surface area contributed by atoms with Crippen LogP contribution in [-0.4, -0.2) is 5.78 Å². The molecule has 2 aromatic rings. The second kappa shape index (κ2) is 4.06. The molecule has 0 aliphatic rings. The van der Waals surface area contributed by atoms with Crippen LogP contribution >= 0.6 is 0 Å². The number of fused-ring (bicyclic) bond motifs is 1. The van der Waals surface area contributed by atoms with Crippen LogP contribution < -0.4 is 5.73 Å². The summed E-state index contributed by atoms with van der Waals surface area (Å²) in [7, 11) is 0. The summed E-state index contributed by atoms with van der Waals surface area (Å²) in [5, 5.41) is 2.30. The molecule has 0 amide bonds. The minimum Gasteiger partial charge on any atom is -0.318 e. The topological polar surface area (TPSA) is 43.1 Å². The lowest BCUT2D eigenvalue weighted by molar-refractivity contribution is -0.118. The molecule has 0 heterocycles. The van der Waals surface area contributed by atoms with Gasteiger partial charge in [-0.3, -0.25) is 4.79 Å². The third kappa shape index (κ3) is 1.97. The Morgan fingerprint density at radius 2 is 1.75 bits per heavy atom. The average molecular weight is 213 g/mol. The largest absolute Gasteiger partial charge is 0.318 e. The first-order valence-corrected chi connectivity index (χ1v) is 5.34. The highest BCUT2D eigenvalue weighted by Crippen LogP contribution is 2.20. The summed E-state index contributed by atoms with van der Waals surface area (Å²) >= 11 is 0. The van der Waals surface area contributed by atoms with Gasteiger partial charge in [0.05, 0.1) is 6.04 Å². The molecule has 2 nitrogen and oxygen atoms in total. The van der Waals surface area contributed by atoms with Gasteiger partial charge in [-0.1, -0.05) is 35.9 Å². The minimum absolute atomic E-state index is 0.00791. The van der Waals surface area contributed by atoms with E-state index in [4.69, 9.17) is 5.73 Å². The number of hydrogen-bond acceptors (Lipinski definition) is 2. The van der Waals surface area contributed by atoms with E-state index in [9.17, 15) is 4.79 Å². The lowest BCUT2D eigenvalue weighted by Gasteiger charge is -2.09. The SMILES string of the molecule is CC(=O)C(N)c1ccc2cc(C)ccc2c1. The number of aryl methyl sites for hydroxylation is 1. The molecule has 0 saturated carbocycles. The molecule has 1 unspecified atom stereocenters. The van der Waals surface area contributed by atoms with Gasteiger partial charge in [-0.2, -0.15) is 0 Å². The van der Waals surface area contributed by atoms with Crippen LogP contribution in [0.2, 0.25) is 0 Å². The Hall–Kier alpha value is -1.67. The molecule has 0 spiro atoms. The monoisotopic (exact) mass is 213 g/mol. The summed E-state index contributed by atoms with van der Waals surface area (Å²) in [5.41, 5.74) is 7.92. The van der Waals surface area contributed by atoms with Crippen molar-refractivity contribution in [1.82, 2.24) is 0 Å². The van der Waals surface area contributed by atoms with Crippen molar-refractivity contribution in [2.45, 2.75) is 19.9 Å². The van der Waals surface area contributed by atoms with E-state index in [1.54, 1.807) is 0 Å². The van der Waals surface area contributed by atoms with Gasteiger partial charge < -0.3 is 5.73 Å². The minimum atomic E-state index is -0.509. The van der Waals surface area contributed by atoms with Gasteiger partial charge in [0.25, 0.3) is 0 Å². The molecular formula is C14H15NO. The third-order valence-electron chi connectivity index (χ3n) is 2.82. The van der Waals surface area contributed by atoms with Gasteiger partial charge in [-0.25, -0.2) is 0 Å². The van der Waals surface area contributed by atoms with Crippen molar-refractivity contribution in [2.75, 3.05) is 0 Å². The number of ketones is 1. The maximum Gasteiger partial charge on any atom is 0.150 e. The van der Waals surface area contributed by atoms with E-state index in [0.29, 0.717) is 0 Å². The summed E-state index contributed by atoms with van der Waals surface area (Å²) in [6.07, 6.45) is 0. The molecule has 0 radical (unpaired) electrons. The molecule has 2 aromatic carbocycles. The summed E-state index contributed by atoms with van der Waals surface area (Å²) in [6.45, 7) is 3.58. The Balaban J connectivity index is 2.52. The molecule has 0 saturated heterocycles. The lowest BCUT2D eigenvalue weighted by atomic mass is 9.99. The molecule has 0 aliphatic heterocycles. The van der Waals surface area contributed by atoms with Crippen LogP contribution in [0.1, 0.15) is 24.1 Å². The van der Waals surface area contributed by atoms with Crippen molar-refractivity contribution >= 4 is 16.6 Å². The average Bonchev–Trinajstić information content (AvgIpc) is 2.27. The van der Waals surface area contributed by atoms with Gasteiger partial charge in [-0.15, -0.1) is 0 Å². The van der Waals surface area contributed by atoms with E-state index >= 15 is 0 Å². The Kier molecular flexibility index (Phi) is 2.75. The maximum atomic E-state index is 11.2. The number of nitrogens with two attached hydrogens (primary N) is 1. The fraction of sp³-hybridized carbons (Fsp3) is 0.214. The first-order valence-electron chi connectivity index (χ1n) is 5.34. The predicted molar refractivity (Wildman–Crippen MR) is 66.3 cm³/mol. The second-order valence-corrected chi connectivity index (χ2v) is 4.20. The van der Waals surface area contributed by atoms with Crippen molar-refractivity contribution in [3.8, 4) is 0 Å². The maximum absolute atomic E-state index is 11.2. The summed E-state index contributed by atoms with van der Waals surface area (Å²) in [5.74, 6) is -0.00791. The Labute approximate surface area is 95.1 Å². The first kappa shape index (κ1) is 10.8. The van der Waals surface area contributed by atoms with Crippen molar-refractivity contribution in [3.63, 3.8) is 0 Å². The molecule has 82 valence electrons. The summed E-state index contributed by atoms with van der Waals surface area (Å²) in [6, 6.07) is 11.7. The summed E-state index contributed by atoms with van der Waals surface area (Å²) in [4.78, 5) is 11.2. The molecule has 2 heteroatoms. The van der Waals surface area contributed by atoms with Crippen molar-refractivity contribution in [3.05, 3.63) is 47.5 Å². The number of rotatable bonds is 2. The third-order valence-corrected chi connectivity index (χ3v) is 2.82. The van der Waals surface area contributed by atoms with Crippen LogP contribution in [0.5, 0.6) is 0 Å². The number of Topliss-reactive ketones (excluding diaryl/α,β-unsaturated/α-hetero) is 1. The molecule has 0 aromatic heterocycles. The molecule has 2 rings (SSSR count). The second-order valence-electron chi connectivity index (χ2n) is 4.20. The standard InChI is InChI=1S/C14H15NO/c1-9-3-4-12-8-13(14(15)10(2)16)6-5-11(12)7-9/h3-8,14H,15H2,1-2H3. The van der Waals surface area contributed by atoms with Crippen molar-refractivity contribution in [2.24, 2.45) is 5.73 Å². The van der Waals surface area contributed by atoms with E-state index in [-0.39, 0.29) is 5.78 Å². The highest BCUT2D eigenvalue weighted by Gasteiger charge is 2.10.